The average Bonchev–Trinajstić information content (AvgIpc) is 1.70. The number of nitrogens with two attached hydrogens (primary N) is 3. The number of carbonyl (C=O) groups excluding carboxylic acids is 3. The third-order valence-corrected chi connectivity index (χ3v) is 25.2. The first-order valence-corrected chi connectivity index (χ1v) is 46.1. The Hall–Kier alpha value is -11.4. The number of anilines is 9. The number of hydrogen-bond acceptors (Lipinski definition) is 31. The molecule has 0 aliphatic carbocycles. The van der Waals surface area contributed by atoms with Gasteiger partial charge in [-0.15, -0.1) is 0 Å². The first-order valence-electron chi connectivity index (χ1n) is 41.7. The number of sulfonamides is 3. The predicted molar refractivity (Wildman–Crippen MR) is 487 cm³/mol. The van der Waals surface area contributed by atoms with Crippen LogP contribution in [0.15, 0.2) is 143 Å². The van der Waals surface area contributed by atoms with E-state index < -0.39 is 47.8 Å². The molecule has 37 heteroatoms. The van der Waals surface area contributed by atoms with Crippen molar-refractivity contribution in [3.8, 4) is 33.8 Å². The van der Waals surface area contributed by atoms with E-state index >= 15 is 0 Å². The van der Waals surface area contributed by atoms with E-state index in [0.717, 1.165) is 70.1 Å². The van der Waals surface area contributed by atoms with E-state index in [0.29, 0.717) is 144 Å². The Morgan fingerprint density at radius 3 is 1.06 bits per heavy atom. The van der Waals surface area contributed by atoms with Crippen LogP contribution >= 0.6 is 0 Å². The van der Waals surface area contributed by atoms with Gasteiger partial charge in [-0.05, 0) is 228 Å². The average molecular weight is 1780 g/mol. The van der Waals surface area contributed by atoms with Gasteiger partial charge in [0.15, 0.2) is 15.1 Å². The molecule has 672 valence electrons. The fourth-order valence-corrected chi connectivity index (χ4v) is 18.7. The molecule has 0 bridgehead atoms. The normalized spacial score (nSPS) is 16.5. The summed E-state index contributed by atoms with van der Waals surface area (Å²) < 4.78 is 106. The molecule has 34 nitrogen and oxygen atoms in total. The molecule has 0 radical (unpaired) electrons. The van der Waals surface area contributed by atoms with Gasteiger partial charge in [-0.1, -0.05) is 39.0 Å². The van der Waals surface area contributed by atoms with E-state index in [4.69, 9.17) is 56.1 Å². The second kappa shape index (κ2) is 41.2. The van der Waals surface area contributed by atoms with Crippen LogP contribution in [0, 0.1) is 38.5 Å². The molecule has 3 aliphatic rings. The van der Waals surface area contributed by atoms with Crippen molar-refractivity contribution in [3.63, 3.8) is 0 Å². The molecule has 3 atom stereocenters. The molecular weight excluding hydrogens is 1660 g/mol. The molecule has 0 spiro atoms. The first kappa shape index (κ1) is 95.9. The maximum atomic E-state index is 13.5. The van der Waals surface area contributed by atoms with Gasteiger partial charge in [0.2, 0.25) is 0 Å². The maximum absolute atomic E-state index is 13.5. The van der Waals surface area contributed by atoms with Crippen molar-refractivity contribution in [1.29, 1.82) is 0 Å². The minimum absolute atomic E-state index is 0.0341. The summed E-state index contributed by atoms with van der Waals surface area (Å²) in [6.07, 6.45) is 7.94. The molecule has 0 unspecified atom stereocenters. The largest absolute Gasteiger partial charge is 0.384 e. The smallest absolute Gasteiger partial charge is 0.281 e. The fraction of sp³-hybridized carbons (Fsp3) is 0.455. The number of pyridine rings is 9. The van der Waals surface area contributed by atoms with E-state index in [1.165, 1.54) is 54.6 Å². The van der Waals surface area contributed by atoms with Gasteiger partial charge in [0.1, 0.15) is 52.4 Å². The Balaban J connectivity index is 0.000000196. The SMILES string of the molecule is CCOCCN(C)c1ncc(-c2ccc(C(=O)NS(=O)(=O)c3cccc(N)n3)c(N3C[C@@H](C)CC3(C)C)n2)cc1C.CCOCCNc1ncc(-c2ccc(C(=O)NS(=O)(=O)c3cccc(N)n3)c(N3C[C@@H](C)CC3(C)C)n2)cc1C.CCOCCOCCN(C)c1ncc(-c2ccc(C(=O)NS(=O)(=O)c3cccc(N)n3)c(N3C[C@@H](C)CC3(C)C)n2)cc1C. The zero-order chi connectivity index (χ0) is 91.1. The standard InChI is InChI=1S/C31H43N7O5S.C29H39N7O4S.C28H37N7O4S/c1-7-42-15-16-43-14-13-37(6)28-22(3)17-23(19-33-28)25-12-11-24(29(34-25)38-20-21(2)18-31(38,4)5)30(39)36-44(40,41)27-10-8-9-26(32)35-27;1-7-40-14-13-35(6)26-20(3)15-21(17-31-26)23-12-11-22(27(32-23)36-18-19(2)16-29(36,4)5)28(37)34-41(38,39)25-10-8-9-24(30)33-25;1-6-39-13-12-30-25-19(3)14-20(16-31-25)22-11-10-21(26(32-22)35-17-18(2)15-28(35,4)5)27(36)34-40(37,38)24-9-7-8-23(29)33-24/h8-12,17,19,21H,7,13-16,18,20H2,1-6H3,(H2,32,35)(H,36,39);8-12,15,17,19H,7,13-14,16,18H2,1-6H3,(H2,30,33)(H,34,37);7-11,14,16,18H,6,12-13,15,17H2,1-5H3,(H2,29,33)(H,30,31)(H,34,36)/t21-;19-;18-/m000/s1. The number of hydrogen-bond donors (Lipinski definition) is 7. The van der Waals surface area contributed by atoms with Crippen LogP contribution in [0.25, 0.3) is 33.8 Å². The molecule has 0 saturated carbocycles. The molecule has 9 aromatic heterocycles. The van der Waals surface area contributed by atoms with Gasteiger partial charge in [-0.25, -0.2) is 59.0 Å². The summed E-state index contributed by atoms with van der Waals surface area (Å²) in [7, 11) is -8.85. The molecule has 3 fully saturated rings. The Morgan fingerprint density at radius 2 is 0.744 bits per heavy atom. The number of nitrogen functional groups attached to an aromatic ring is 3. The molecule has 0 aromatic carbocycles. The number of nitrogens with zero attached hydrogens (tertiary/aromatic N) is 14. The van der Waals surface area contributed by atoms with Gasteiger partial charge in [-0.3, -0.25) is 14.4 Å². The topological polar surface area (TPSA) is 449 Å². The van der Waals surface area contributed by atoms with Crippen LogP contribution < -0.4 is 61.2 Å². The van der Waals surface area contributed by atoms with Gasteiger partial charge >= 0.3 is 0 Å². The maximum Gasteiger partial charge on any atom is 0.281 e. The minimum atomic E-state index is -4.27. The Kier molecular flexibility index (Phi) is 31.6. The summed E-state index contributed by atoms with van der Waals surface area (Å²) in [4.78, 5) is 91.1. The molecule has 9 aromatic rings. The zero-order valence-corrected chi connectivity index (χ0v) is 76.9. The first-order chi connectivity index (χ1) is 59.0. The summed E-state index contributed by atoms with van der Waals surface area (Å²) >= 11 is 0. The Bertz CT molecular complexity index is 5690. The van der Waals surface area contributed by atoms with Crippen molar-refractivity contribution in [2.45, 2.75) is 155 Å². The van der Waals surface area contributed by atoms with Crippen molar-refractivity contribution in [2.75, 3.05) is 153 Å². The number of aryl methyl sites for hydroxylation is 3. The number of nitrogens with one attached hydrogen (secondary N) is 4. The quantitative estimate of drug-likeness (QED) is 0.0188. The summed E-state index contributed by atoms with van der Waals surface area (Å²) in [6, 6.07) is 28.6. The Morgan fingerprint density at radius 1 is 0.432 bits per heavy atom. The molecule has 125 heavy (non-hydrogen) atoms. The van der Waals surface area contributed by atoms with E-state index in [-0.39, 0.29) is 65.8 Å². The van der Waals surface area contributed by atoms with Crippen LogP contribution in [0.2, 0.25) is 0 Å². The van der Waals surface area contributed by atoms with Gasteiger partial charge < -0.3 is 66.0 Å². The van der Waals surface area contributed by atoms with Crippen molar-refractivity contribution in [2.24, 2.45) is 17.8 Å². The van der Waals surface area contributed by atoms with Crippen LogP contribution in [0.4, 0.5) is 52.4 Å². The van der Waals surface area contributed by atoms with Crippen LogP contribution in [-0.2, 0) is 49.0 Å². The summed E-state index contributed by atoms with van der Waals surface area (Å²) in [5.74, 6) is 2.48. The van der Waals surface area contributed by atoms with Crippen molar-refractivity contribution < 1.29 is 58.6 Å². The number of ether oxygens (including phenoxy) is 4. The number of carbonyl (C=O) groups is 3. The zero-order valence-electron chi connectivity index (χ0n) is 74.4. The molecule has 3 saturated heterocycles. The molecule has 12 rings (SSSR count). The lowest BCUT2D eigenvalue weighted by atomic mass is 9.97. The molecule has 12 heterocycles. The van der Waals surface area contributed by atoms with E-state index in [2.05, 4.69) is 121 Å². The summed E-state index contributed by atoms with van der Waals surface area (Å²) in [5.41, 5.74) is 23.6. The molecule has 3 amide bonds. The van der Waals surface area contributed by atoms with Crippen molar-refractivity contribution in [3.05, 3.63) is 161 Å². The number of amides is 3. The van der Waals surface area contributed by atoms with Crippen LogP contribution in [-0.4, -0.2) is 211 Å². The van der Waals surface area contributed by atoms with Crippen LogP contribution in [0.1, 0.15) is 150 Å². The highest BCUT2D eigenvalue weighted by Crippen LogP contribution is 2.43. The van der Waals surface area contributed by atoms with Crippen molar-refractivity contribution in [1.82, 2.24) is 59.0 Å². The lowest BCUT2D eigenvalue weighted by Crippen LogP contribution is -2.41. The fourth-order valence-electron chi connectivity index (χ4n) is 15.9. The van der Waals surface area contributed by atoms with E-state index in [1.807, 2.05) is 83.6 Å². The number of rotatable bonds is 33. The monoisotopic (exact) mass is 1770 g/mol. The summed E-state index contributed by atoms with van der Waals surface area (Å²) in [6.45, 7) is 39.7. The predicted octanol–water partition coefficient (Wildman–Crippen LogP) is 10.9. The lowest BCUT2D eigenvalue weighted by Gasteiger charge is -2.34. The number of aromatic nitrogens is 9. The third kappa shape index (κ3) is 24.4. The second-order valence-corrected chi connectivity index (χ2v) is 38.4. The summed E-state index contributed by atoms with van der Waals surface area (Å²) in [5, 5.41) is 2.27. The van der Waals surface area contributed by atoms with Gasteiger partial charge in [0.25, 0.3) is 47.8 Å². The highest BCUT2D eigenvalue weighted by Gasteiger charge is 2.43. The molecule has 3 aliphatic heterocycles. The highest BCUT2D eigenvalue weighted by atomic mass is 32.2. The molecular formula is C88H119N21O13S3. The molecule has 10 N–H and O–H groups in total. The van der Waals surface area contributed by atoms with E-state index in [1.54, 1.807) is 55.0 Å². The van der Waals surface area contributed by atoms with Gasteiger partial charge in [0, 0.05) is 125 Å². The van der Waals surface area contributed by atoms with Gasteiger partial charge in [-0.2, -0.15) is 25.3 Å². The minimum Gasteiger partial charge on any atom is -0.384 e. The third-order valence-electron chi connectivity index (χ3n) is 21.5. The highest BCUT2D eigenvalue weighted by molar-refractivity contribution is 7.90. The lowest BCUT2D eigenvalue weighted by molar-refractivity contribution is 0.0558. The Labute approximate surface area is 734 Å². The van der Waals surface area contributed by atoms with E-state index in [9.17, 15) is 39.6 Å². The number of likely N-dealkylation sites (N-methyl/N-ethyl adjacent to an activating group) is 2. The second-order valence-electron chi connectivity index (χ2n) is 33.5. The van der Waals surface area contributed by atoms with Gasteiger partial charge in [0.05, 0.1) is 66.8 Å². The van der Waals surface area contributed by atoms with Crippen molar-refractivity contribution >= 4 is 100 Å². The van der Waals surface area contributed by atoms with Crippen LogP contribution in [0.5, 0.6) is 0 Å². The van der Waals surface area contributed by atoms with Crippen LogP contribution in [0.3, 0.4) is 0 Å².